The van der Waals surface area contributed by atoms with Crippen molar-refractivity contribution in [3.8, 4) is 0 Å². The van der Waals surface area contributed by atoms with Gasteiger partial charge in [0.1, 0.15) is 0 Å². The van der Waals surface area contributed by atoms with Crippen LogP contribution >= 0.6 is 11.8 Å². The zero-order valence-electron chi connectivity index (χ0n) is 9.50. The third kappa shape index (κ3) is 2.26. The molecule has 1 saturated carbocycles. The third-order valence-electron chi connectivity index (χ3n) is 3.30. The number of thioether (sulfide) groups is 1. The Bertz CT molecular complexity index is 462. The van der Waals surface area contributed by atoms with Crippen LogP contribution in [0.5, 0.6) is 0 Å². The van der Waals surface area contributed by atoms with Gasteiger partial charge in [0.2, 0.25) is 5.16 Å². The molecule has 1 heterocycles. The van der Waals surface area contributed by atoms with Crippen molar-refractivity contribution in [2.75, 3.05) is 0 Å². The quantitative estimate of drug-likeness (QED) is 0.822. The van der Waals surface area contributed by atoms with Crippen LogP contribution in [0.1, 0.15) is 44.6 Å². The van der Waals surface area contributed by atoms with Crippen molar-refractivity contribution in [3.05, 3.63) is 11.0 Å². The molecule has 0 aromatic carbocycles. The standard InChI is InChI=1S/C11H14N4OS/c16-9-5-6-10(7-9)17-11-12-13-14-15(11)8-3-1-2-4-8/h7-8H,1-6H2. The van der Waals surface area contributed by atoms with E-state index in [2.05, 4.69) is 15.5 Å². The summed E-state index contributed by atoms with van der Waals surface area (Å²) in [5.41, 5.74) is 0. The summed E-state index contributed by atoms with van der Waals surface area (Å²) >= 11 is 1.54. The highest BCUT2D eigenvalue weighted by Gasteiger charge is 2.23. The van der Waals surface area contributed by atoms with Gasteiger partial charge in [0.15, 0.2) is 5.78 Å². The van der Waals surface area contributed by atoms with E-state index in [0.717, 1.165) is 29.3 Å². The maximum absolute atomic E-state index is 11.2. The Hall–Kier alpha value is -1.17. The van der Waals surface area contributed by atoms with Crippen LogP contribution in [-0.2, 0) is 4.79 Å². The van der Waals surface area contributed by atoms with Gasteiger partial charge < -0.3 is 0 Å². The number of rotatable bonds is 3. The van der Waals surface area contributed by atoms with Gasteiger partial charge in [0.05, 0.1) is 6.04 Å². The van der Waals surface area contributed by atoms with Gasteiger partial charge >= 0.3 is 0 Å². The van der Waals surface area contributed by atoms with Gasteiger partial charge in [0.25, 0.3) is 0 Å². The SMILES string of the molecule is O=C1C=C(Sc2nnnn2C2CCCC2)CC1. The predicted molar refractivity (Wildman–Crippen MR) is 63.5 cm³/mol. The highest BCUT2D eigenvalue weighted by Crippen LogP contribution is 2.36. The number of hydrogen-bond acceptors (Lipinski definition) is 5. The first kappa shape index (κ1) is 11.0. The second-order valence-corrected chi connectivity index (χ2v) is 5.62. The molecule has 0 amide bonds. The average molecular weight is 250 g/mol. The normalized spacial score (nSPS) is 21.2. The lowest BCUT2D eigenvalue weighted by Crippen LogP contribution is -2.08. The predicted octanol–water partition coefficient (Wildman–Crippen LogP) is 2.13. The highest BCUT2D eigenvalue weighted by atomic mass is 32.2. The van der Waals surface area contributed by atoms with Crippen LogP contribution < -0.4 is 0 Å². The number of tetrazole rings is 1. The van der Waals surface area contributed by atoms with Gasteiger partial charge in [-0.25, -0.2) is 4.68 Å². The van der Waals surface area contributed by atoms with Gasteiger partial charge in [-0.15, -0.1) is 5.10 Å². The molecule has 0 radical (unpaired) electrons. The molecule has 1 aromatic rings. The molecule has 1 fully saturated rings. The van der Waals surface area contributed by atoms with Gasteiger partial charge in [-0.1, -0.05) is 24.6 Å². The maximum Gasteiger partial charge on any atom is 0.214 e. The summed E-state index contributed by atoms with van der Waals surface area (Å²) in [6.45, 7) is 0. The largest absolute Gasteiger partial charge is 0.295 e. The molecule has 2 aliphatic rings. The molecule has 5 nitrogen and oxygen atoms in total. The summed E-state index contributed by atoms with van der Waals surface area (Å²) in [6.07, 6.45) is 8.03. The summed E-state index contributed by atoms with van der Waals surface area (Å²) in [6, 6.07) is 0.449. The van der Waals surface area contributed by atoms with E-state index in [1.54, 1.807) is 17.8 Å². The van der Waals surface area contributed by atoms with Crippen LogP contribution in [-0.4, -0.2) is 26.0 Å². The Kier molecular flexibility index (Phi) is 2.96. The topological polar surface area (TPSA) is 60.7 Å². The van der Waals surface area contributed by atoms with Gasteiger partial charge in [-0.3, -0.25) is 4.79 Å². The summed E-state index contributed by atoms with van der Waals surface area (Å²) in [4.78, 5) is 12.3. The molecule has 0 aliphatic heterocycles. The first-order valence-electron chi connectivity index (χ1n) is 6.02. The van der Waals surface area contributed by atoms with E-state index in [1.165, 1.54) is 12.8 Å². The Morgan fingerprint density at radius 2 is 2.12 bits per heavy atom. The molecule has 6 heteroatoms. The number of nitrogens with zero attached hydrogens (tertiary/aromatic N) is 4. The third-order valence-corrected chi connectivity index (χ3v) is 4.33. The van der Waals surface area contributed by atoms with E-state index in [4.69, 9.17) is 0 Å². The Morgan fingerprint density at radius 3 is 2.82 bits per heavy atom. The van der Waals surface area contributed by atoms with Crippen LogP contribution in [0.4, 0.5) is 0 Å². The molecular formula is C11H14N4OS. The minimum absolute atomic E-state index is 0.215. The molecule has 0 N–H and O–H groups in total. The number of hydrogen-bond donors (Lipinski definition) is 0. The van der Waals surface area contributed by atoms with E-state index in [1.807, 2.05) is 4.68 Å². The Labute approximate surface area is 104 Å². The van der Waals surface area contributed by atoms with E-state index in [-0.39, 0.29) is 5.78 Å². The van der Waals surface area contributed by atoms with Crippen molar-refractivity contribution in [1.82, 2.24) is 20.2 Å². The fraction of sp³-hybridized carbons (Fsp3) is 0.636. The van der Waals surface area contributed by atoms with E-state index in [9.17, 15) is 4.79 Å². The number of allylic oxidation sites excluding steroid dienone is 2. The molecule has 90 valence electrons. The Morgan fingerprint density at radius 1 is 1.29 bits per heavy atom. The number of carbonyl (C=O) groups excluding carboxylic acids is 1. The smallest absolute Gasteiger partial charge is 0.214 e. The first-order chi connectivity index (χ1) is 8.33. The summed E-state index contributed by atoms with van der Waals surface area (Å²) in [5, 5.41) is 12.7. The molecule has 0 atom stereocenters. The van der Waals surface area contributed by atoms with E-state index < -0.39 is 0 Å². The van der Waals surface area contributed by atoms with Crippen LogP contribution in [0.15, 0.2) is 16.1 Å². The molecule has 0 bridgehead atoms. The lowest BCUT2D eigenvalue weighted by atomic mass is 10.3. The zero-order chi connectivity index (χ0) is 11.7. The zero-order valence-corrected chi connectivity index (χ0v) is 10.3. The molecular weight excluding hydrogens is 236 g/mol. The maximum atomic E-state index is 11.2. The molecule has 2 aliphatic carbocycles. The second kappa shape index (κ2) is 4.60. The van der Waals surface area contributed by atoms with Gasteiger partial charge in [-0.2, -0.15) is 0 Å². The van der Waals surface area contributed by atoms with Gasteiger partial charge in [-0.05, 0) is 40.7 Å². The lowest BCUT2D eigenvalue weighted by molar-refractivity contribution is -0.114. The van der Waals surface area contributed by atoms with Crippen LogP contribution in [0.25, 0.3) is 0 Å². The van der Waals surface area contributed by atoms with Crippen LogP contribution in [0, 0.1) is 0 Å². The molecule has 0 unspecified atom stereocenters. The number of aromatic nitrogens is 4. The average Bonchev–Trinajstić information content (AvgIpc) is 3.00. The number of carbonyl (C=O) groups is 1. The summed E-state index contributed by atoms with van der Waals surface area (Å²) in [7, 11) is 0. The second-order valence-electron chi connectivity index (χ2n) is 4.52. The van der Waals surface area contributed by atoms with E-state index >= 15 is 0 Å². The summed E-state index contributed by atoms with van der Waals surface area (Å²) < 4.78 is 1.93. The van der Waals surface area contributed by atoms with Gasteiger partial charge in [0, 0.05) is 6.42 Å². The monoisotopic (exact) mass is 250 g/mol. The van der Waals surface area contributed by atoms with Crippen molar-refractivity contribution < 1.29 is 4.79 Å². The van der Waals surface area contributed by atoms with Crippen molar-refractivity contribution in [2.24, 2.45) is 0 Å². The van der Waals surface area contributed by atoms with Crippen molar-refractivity contribution in [2.45, 2.75) is 49.7 Å². The van der Waals surface area contributed by atoms with Crippen LogP contribution in [0.2, 0.25) is 0 Å². The Balaban J connectivity index is 1.77. The van der Waals surface area contributed by atoms with Crippen molar-refractivity contribution >= 4 is 17.5 Å². The minimum Gasteiger partial charge on any atom is -0.295 e. The number of ketones is 1. The fourth-order valence-corrected chi connectivity index (χ4v) is 3.38. The van der Waals surface area contributed by atoms with Crippen molar-refractivity contribution in [1.29, 1.82) is 0 Å². The molecule has 0 saturated heterocycles. The van der Waals surface area contributed by atoms with E-state index in [0.29, 0.717) is 12.5 Å². The minimum atomic E-state index is 0.215. The molecule has 17 heavy (non-hydrogen) atoms. The van der Waals surface area contributed by atoms with Crippen molar-refractivity contribution in [3.63, 3.8) is 0 Å². The fourth-order valence-electron chi connectivity index (χ4n) is 2.40. The molecule has 0 spiro atoms. The summed E-state index contributed by atoms with van der Waals surface area (Å²) in [5.74, 6) is 0.215. The highest BCUT2D eigenvalue weighted by molar-refractivity contribution is 8.03. The molecule has 1 aromatic heterocycles. The van der Waals surface area contributed by atoms with Crippen LogP contribution in [0.3, 0.4) is 0 Å². The first-order valence-corrected chi connectivity index (χ1v) is 6.84. The molecule has 3 rings (SSSR count). The lowest BCUT2D eigenvalue weighted by Gasteiger charge is -2.10.